The molecule has 0 aliphatic carbocycles. The van der Waals surface area contributed by atoms with Gasteiger partial charge in [0.15, 0.2) is 4.96 Å². The number of carbonyl (C=O) groups excluding carboxylic acids is 1. The predicted molar refractivity (Wildman–Crippen MR) is 96.4 cm³/mol. The molecule has 1 unspecified atom stereocenters. The van der Waals surface area contributed by atoms with Crippen molar-refractivity contribution in [2.24, 2.45) is 0 Å². The van der Waals surface area contributed by atoms with Gasteiger partial charge in [-0.25, -0.2) is 26.9 Å². The number of halogens is 4. The van der Waals surface area contributed by atoms with Crippen molar-refractivity contribution in [3.8, 4) is 6.07 Å². The van der Waals surface area contributed by atoms with Gasteiger partial charge in [0, 0.05) is 17.4 Å². The molecule has 1 N–H and O–H groups in total. The Morgan fingerprint density at radius 3 is 2.76 bits per heavy atom. The molecule has 0 spiro atoms. The van der Waals surface area contributed by atoms with Crippen molar-refractivity contribution in [1.29, 1.82) is 5.26 Å². The lowest BCUT2D eigenvalue weighted by Crippen LogP contribution is -2.38. The molecule has 0 aliphatic heterocycles. The maximum Gasteiger partial charge on any atom is 0.287 e. The van der Waals surface area contributed by atoms with Gasteiger partial charge < -0.3 is 5.32 Å². The summed E-state index contributed by atoms with van der Waals surface area (Å²) in [5.74, 6) is -1.90. The van der Waals surface area contributed by atoms with Gasteiger partial charge in [0.1, 0.15) is 17.6 Å². The van der Waals surface area contributed by atoms with Crippen molar-refractivity contribution in [1.82, 2.24) is 14.7 Å². The van der Waals surface area contributed by atoms with Crippen molar-refractivity contribution in [3.05, 3.63) is 67.8 Å². The fraction of sp³-hybridized carbons (Fsp3) is 0.222. The van der Waals surface area contributed by atoms with Crippen LogP contribution in [0.2, 0.25) is 0 Å². The van der Waals surface area contributed by atoms with E-state index in [-0.39, 0.29) is 38.8 Å². The van der Waals surface area contributed by atoms with Gasteiger partial charge in [-0.3, -0.25) is 9.59 Å². The number of hydrogen-bond acceptors (Lipinski definition) is 5. The molecule has 0 saturated carbocycles. The summed E-state index contributed by atoms with van der Waals surface area (Å²) in [4.78, 5) is 29.2. The minimum Gasteiger partial charge on any atom is -0.316 e. The third-order valence-electron chi connectivity index (χ3n) is 4.02. The van der Waals surface area contributed by atoms with Gasteiger partial charge in [0.2, 0.25) is 6.30 Å². The van der Waals surface area contributed by atoms with E-state index in [4.69, 9.17) is 5.26 Å². The fourth-order valence-electron chi connectivity index (χ4n) is 2.73. The molecule has 150 valence electrons. The first-order chi connectivity index (χ1) is 13.7. The number of benzene rings is 1. The maximum absolute atomic E-state index is 14.3. The fourth-order valence-corrected chi connectivity index (χ4v) is 3.72. The average molecular weight is 424 g/mol. The van der Waals surface area contributed by atoms with Crippen LogP contribution in [0.3, 0.4) is 0 Å². The third kappa shape index (κ3) is 3.97. The van der Waals surface area contributed by atoms with Crippen LogP contribution in [0.5, 0.6) is 0 Å². The summed E-state index contributed by atoms with van der Waals surface area (Å²) in [5, 5.41) is 10.4. The van der Waals surface area contributed by atoms with Crippen LogP contribution in [0.25, 0.3) is 4.96 Å². The monoisotopic (exact) mass is 424 g/mol. The third-order valence-corrected chi connectivity index (χ3v) is 4.97. The normalized spacial score (nSPS) is 12.2. The lowest BCUT2D eigenvalue weighted by Gasteiger charge is -2.10. The molecule has 6 nitrogen and oxygen atoms in total. The molecule has 2 heterocycles. The smallest absolute Gasteiger partial charge is 0.287 e. The number of fused-ring (bicyclic) bond motifs is 1. The number of hydrogen-bond donors (Lipinski definition) is 1. The number of thiazole rings is 1. The molecular weight excluding hydrogens is 412 g/mol. The Bertz CT molecular complexity index is 1200. The number of rotatable bonds is 5. The molecule has 1 atom stereocenters. The summed E-state index contributed by atoms with van der Waals surface area (Å²) in [6, 6.07) is 7.05. The number of nitrogens with zero attached hydrogens (tertiary/aromatic N) is 3. The molecule has 29 heavy (non-hydrogen) atoms. The molecule has 0 radical (unpaired) electrons. The van der Waals surface area contributed by atoms with Crippen LogP contribution in [-0.2, 0) is 6.42 Å². The average Bonchev–Trinajstić information content (AvgIpc) is 2.99. The van der Waals surface area contributed by atoms with Crippen molar-refractivity contribution in [3.63, 3.8) is 0 Å². The molecule has 0 bridgehead atoms. The Hall–Kier alpha value is -3.26. The summed E-state index contributed by atoms with van der Waals surface area (Å²) in [6.07, 6.45) is -6.37. The van der Waals surface area contributed by atoms with E-state index < -0.39 is 30.0 Å². The lowest BCUT2D eigenvalue weighted by atomic mass is 10.1. The highest BCUT2D eigenvalue weighted by molar-refractivity contribution is 7.17. The minimum absolute atomic E-state index is 0.0689. The molecule has 3 aromatic rings. The summed E-state index contributed by atoms with van der Waals surface area (Å²) < 4.78 is 53.0. The number of amides is 1. The standard InChI is InChI=1S/C18H12F4N4O2S/c1-8-14(17(28)25-16(22)15(20)21)26-12(27)6-11(24-18(26)29-8)5-9-3-2-4-10(7-23)13(9)19/h2-4,6,15-16H,5H2,1H3,(H,25,28). The quantitative estimate of drug-likeness (QED) is 0.504. The zero-order chi connectivity index (χ0) is 21.3. The molecular formula is C18H12F4N4O2S. The molecule has 3 rings (SSSR count). The van der Waals surface area contributed by atoms with Gasteiger partial charge >= 0.3 is 0 Å². The van der Waals surface area contributed by atoms with Gasteiger partial charge in [0.05, 0.1) is 11.3 Å². The van der Waals surface area contributed by atoms with E-state index >= 15 is 0 Å². The predicted octanol–water partition coefficient (Wildman–Crippen LogP) is 2.96. The Kier molecular flexibility index (Phi) is 5.65. The SMILES string of the molecule is Cc1sc2nc(Cc3cccc(C#N)c3F)cc(=O)n2c1C(=O)NC(F)C(F)F. The summed E-state index contributed by atoms with van der Waals surface area (Å²) in [5.41, 5.74) is -0.804. The van der Waals surface area contributed by atoms with Gasteiger partial charge in [-0.2, -0.15) is 5.26 Å². The first-order valence-electron chi connectivity index (χ1n) is 8.15. The number of aryl methyl sites for hydroxylation is 1. The summed E-state index contributed by atoms with van der Waals surface area (Å²) in [6.45, 7) is 1.46. The maximum atomic E-state index is 14.3. The highest BCUT2D eigenvalue weighted by Gasteiger charge is 2.26. The van der Waals surface area contributed by atoms with E-state index in [0.29, 0.717) is 0 Å². The number of nitriles is 1. The van der Waals surface area contributed by atoms with E-state index in [1.807, 2.05) is 0 Å². The Balaban J connectivity index is 2.01. The number of aromatic nitrogens is 2. The van der Waals surface area contributed by atoms with Gasteiger partial charge in [-0.1, -0.05) is 12.1 Å². The summed E-state index contributed by atoms with van der Waals surface area (Å²) >= 11 is 0.928. The Morgan fingerprint density at radius 2 is 2.10 bits per heavy atom. The number of alkyl halides is 3. The minimum atomic E-state index is -3.41. The topological polar surface area (TPSA) is 87.3 Å². The molecule has 0 aliphatic rings. The van der Waals surface area contributed by atoms with Crippen LogP contribution >= 0.6 is 11.3 Å². The van der Waals surface area contributed by atoms with Crippen molar-refractivity contribution in [2.75, 3.05) is 0 Å². The largest absolute Gasteiger partial charge is 0.316 e. The second kappa shape index (κ2) is 8.00. The molecule has 0 fully saturated rings. The van der Waals surface area contributed by atoms with Crippen LogP contribution in [0.15, 0.2) is 29.1 Å². The molecule has 2 aromatic heterocycles. The molecule has 0 saturated heterocycles. The highest BCUT2D eigenvalue weighted by Crippen LogP contribution is 2.22. The second-order valence-corrected chi connectivity index (χ2v) is 7.17. The van der Waals surface area contributed by atoms with E-state index in [9.17, 15) is 27.2 Å². The number of nitrogens with one attached hydrogen (secondary N) is 1. The van der Waals surface area contributed by atoms with Crippen molar-refractivity contribution >= 4 is 22.2 Å². The number of carbonyl (C=O) groups is 1. The Morgan fingerprint density at radius 1 is 1.38 bits per heavy atom. The van der Waals surface area contributed by atoms with E-state index in [0.717, 1.165) is 21.8 Å². The van der Waals surface area contributed by atoms with Crippen LogP contribution < -0.4 is 10.9 Å². The van der Waals surface area contributed by atoms with Crippen LogP contribution in [0.1, 0.15) is 32.2 Å². The zero-order valence-corrected chi connectivity index (χ0v) is 15.6. The van der Waals surface area contributed by atoms with Crippen molar-refractivity contribution in [2.45, 2.75) is 26.1 Å². The molecule has 1 aromatic carbocycles. The summed E-state index contributed by atoms with van der Waals surface area (Å²) in [7, 11) is 0. The van der Waals surface area contributed by atoms with Crippen LogP contribution in [0.4, 0.5) is 17.6 Å². The zero-order valence-electron chi connectivity index (χ0n) is 14.7. The van der Waals surface area contributed by atoms with Gasteiger partial charge in [-0.05, 0) is 18.6 Å². The van der Waals surface area contributed by atoms with Crippen LogP contribution in [0, 0.1) is 24.1 Å². The van der Waals surface area contributed by atoms with Gasteiger partial charge in [-0.15, -0.1) is 11.3 Å². The first kappa shape index (κ1) is 20.5. The highest BCUT2D eigenvalue weighted by atomic mass is 32.1. The van der Waals surface area contributed by atoms with E-state index in [1.165, 1.54) is 30.4 Å². The molecule has 11 heteroatoms. The van der Waals surface area contributed by atoms with E-state index in [2.05, 4.69) is 4.98 Å². The molecule has 1 amide bonds. The Labute approximate surface area is 165 Å². The second-order valence-electron chi connectivity index (χ2n) is 5.99. The first-order valence-corrected chi connectivity index (χ1v) is 8.97. The van der Waals surface area contributed by atoms with E-state index in [1.54, 1.807) is 6.07 Å². The van der Waals surface area contributed by atoms with Crippen molar-refractivity contribution < 1.29 is 22.4 Å². The van der Waals surface area contributed by atoms with Crippen LogP contribution in [-0.4, -0.2) is 28.0 Å². The van der Waals surface area contributed by atoms with Gasteiger partial charge in [0.25, 0.3) is 17.9 Å². The lowest BCUT2D eigenvalue weighted by molar-refractivity contribution is 0.0284.